The number of guanidine groups is 1. The van der Waals surface area contributed by atoms with Crippen LogP contribution in [0.25, 0.3) is 0 Å². The molecule has 1 aromatic heterocycles. The van der Waals surface area contributed by atoms with Crippen LogP contribution in [0.1, 0.15) is 30.9 Å². The van der Waals surface area contributed by atoms with Crippen LogP contribution in [0, 0.1) is 0 Å². The lowest BCUT2D eigenvalue weighted by Gasteiger charge is -2.27. The molecule has 0 fully saturated rings. The normalized spacial score (nSPS) is 18.2. The molecule has 9 heteroatoms. The van der Waals surface area contributed by atoms with Gasteiger partial charge in [-0.1, -0.05) is 18.6 Å². The second kappa shape index (κ2) is 10.7. The van der Waals surface area contributed by atoms with Gasteiger partial charge in [-0.2, -0.15) is 0 Å². The van der Waals surface area contributed by atoms with Crippen LogP contribution in [0.2, 0.25) is 0 Å². The maximum absolute atomic E-state index is 5.97. The first-order chi connectivity index (χ1) is 13.8. The molecule has 1 atom stereocenters. The van der Waals surface area contributed by atoms with Gasteiger partial charge in [-0.3, -0.25) is 4.99 Å². The molecule has 2 aromatic rings. The number of nitrogens with zero attached hydrogens (tertiary/aromatic N) is 4. The molecule has 158 valence electrons. The highest BCUT2D eigenvalue weighted by Crippen LogP contribution is 2.30. The Morgan fingerprint density at radius 3 is 2.90 bits per heavy atom. The molecule has 0 radical (unpaired) electrons. The lowest BCUT2D eigenvalue weighted by molar-refractivity contribution is 0.0936. The van der Waals surface area contributed by atoms with Crippen LogP contribution in [-0.2, 0) is 19.4 Å². The molecule has 1 aromatic carbocycles. The van der Waals surface area contributed by atoms with Gasteiger partial charge in [0, 0.05) is 33.0 Å². The summed E-state index contributed by atoms with van der Waals surface area (Å²) in [7, 11) is 1.77. The Morgan fingerprint density at radius 2 is 2.03 bits per heavy atom. The van der Waals surface area contributed by atoms with Crippen molar-refractivity contribution in [1.82, 2.24) is 25.4 Å². The Morgan fingerprint density at radius 1 is 1.17 bits per heavy atom. The molecule has 0 aliphatic carbocycles. The smallest absolute Gasteiger partial charge is 0.191 e. The zero-order chi connectivity index (χ0) is 19.2. The number of rotatable bonds is 5. The van der Waals surface area contributed by atoms with Gasteiger partial charge in [-0.15, -0.1) is 34.2 Å². The summed E-state index contributed by atoms with van der Waals surface area (Å²) in [6, 6.07) is 7.74. The van der Waals surface area contributed by atoms with Gasteiger partial charge < -0.3 is 24.7 Å². The predicted octanol–water partition coefficient (Wildman–Crippen LogP) is 2.17. The van der Waals surface area contributed by atoms with Gasteiger partial charge in [-0.05, 0) is 25.0 Å². The maximum Gasteiger partial charge on any atom is 0.191 e. The van der Waals surface area contributed by atoms with Crippen molar-refractivity contribution in [2.45, 2.75) is 44.8 Å². The quantitative estimate of drug-likeness (QED) is 0.363. The van der Waals surface area contributed by atoms with Crippen molar-refractivity contribution in [2.24, 2.45) is 4.99 Å². The van der Waals surface area contributed by atoms with Crippen molar-refractivity contribution in [2.75, 3.05) is 26.7 Å². The van der Waals surface area contributed by atoms with Crippen LogP contribution in [0.5, 0.6) is 11.5 Å². The molecule has 2 aliphatic heterocycles. The lowest BCUT2D eigenvalue weighted by Crippen LogP contribution is -2.45. The van der Waals surface area contributed by atoms with E-state index in [2.05, 4.69) is 30.4 Å². The molecule has 2 N–H and O–H groups in total. The van der Waals surface area contributed by atoms with Crippen molar-refractivity contribution in [3.8, 4) is 11.5 Å². The van der Waals surface area contributed by atoms with Crippen LogP contribution in [0.3, 0.4) is 0 Å². The standard InChI is InChI=1S/C20H28N6O2.HI/c1-21-20(23-13-15-14-27-16-7-4-5-8-17(16)28-15)22-11-10-19-25-24-18-9-3-2-6-12-26(18)19;/h4-5,7-8,15H,2-3,6,9-14H2,1H3,(H2,21,22,23);1H. The third kappa shape index (κ3) is 5.52. The van der Waals surface area contributed by atoms with Gasteiger partial charge in [0.1, 0.15) is 24.4 Å². The van der Waals surface area contributed by atoms with Gasteiger partial charge >= 0.3 is 0 Å². The first kappa shape index (κ1) is 21.7. The largest absolute Gasteiger partial charge is 0.486 e. The highest BCUT2D eigenvalue weighted by molar-refractivity contribution is 14.0. The van der Waals surface area contributed by atoms with Gasteiger partial charge in [0.25, 0.3) is 0 Å². The van der Waals surface area contributed by atoms with Gasteiger partial charge in [0.15, 0.2) is 17.5 Å². The molecule has 0 saturated carbocycles. The molecular formula is C20H29IN6O2. The summed E-state index contributed by atoms with van der Waals surface area (Å²) in [5, 5.41) is 15.4. The van der Waals surface area contributed by atoms with Gasteiger partial charge in [0.05, 0.1) is 6.54 Å². The Balaban J connectivity index is 0.00000240. The van der Waals surface area contributed by atoms with E-state index in [1.54, 1.807) is 7.05 Å². The van der Waals surface area contributed by atoms with Crippen molar-refractivity contribution in [3.05, 3.63) is 35.9 Å². The predicted molar refractivity (Wildman–Crippen MR) is 122 cm³/mol. The summed E-state index contributed by atoms with van der Waals surface area (Å²) in [5.74, 6) is 4.52. The van der Waals surface area contributed by atoms with Crippen LogP contribution in [0.15, 0.2) is 29.3 Å². The van der Waals surface area contributed by atoms with Crippen molar-refractivity contribution in [3.63, 3.8) is 0 Å². The van der Waals surface area contributed by atoms with E-state index >= 15 is 0 Å². The highest BCUT2D eigenvalue weighted by Gasteiger charge is 2.20. The molecule has 2 aliphatic rings. The molecule has 0 saturated heterocycles. The minimum Gasteiger partial charge on any atom is -0.486 e. The number of aryl methyl sites for hydroxylation is 1. The number of aromatic nitrogens is 3. The Hall–Kier alpha value is -2.04. The Bertz CT molecular complexity index is 825. The summed E-state index contributed by atoms with van der Waals surface area (Å²) in [5.41, 5.74) is 0. The number of hydrogen-bond donors (Lipinski definition) is 2. The second-order valence-corrected chi connectivity index (χ2v) is 7.12. The number of nitrogens with one attached hydrogen (secondary N) is 2. The first-order valence-electron chi connectivity index (χ1n) is 10.1. The van der Waals surface area contributed by atoms with Crippen molar-refractivity contribution in [1.29, 1.82) is 0 Å². The van der Waals surface area contributed by atoms with Crippen LogP contribution in [0.4, 0.5) is 0 Å². The van der Waals surface area contributed by atoms with E-state index in [1.165, 1.54) is 19.3 Å². The van der Waals surface area contributed by atoms with E-state index in [9.17, 15) is 0 Å². The van der Waals surface area contributed by atoms with E-state index in [4.69, 9.17) is 9.47 Å². The van der Waals surface area contributed by atoms with Crippen LogP contribution in [-0.4, -0.2) is 53.6 Å². The number of hydrogen-bond acceptors (Lipinski definition) is 5. The monoisotopic (exact) mass is 512 g/mol. The van der Waals surface area contributed by atoms with Gasteiger partial charge in [-0.25, -0.2) is 0 Å². The fraction of sp³-hybridized carbons (Fsp3) is 0.550. The average Bonchev–Trinajstić information content (AvgIpc) is 2.96. The van der Waals surface area contributed by atoms with Crippen molar-refractivity contribution >= 4 is 29.9 Å². The summed E-state index contributed by atoms with van der Waals surface area (Å²) in [6.45, 7) is 2.93. The van der Waals surface area contributed by atoms with E-state index in [0.29, 0.717) is 13.2 Å². The minimum atomic E-state index is -0.0549. The first-order valence-corrected chi connectivity index (χ1v) is 10.1. The van der Waals surface area contributed by atoms with Crippen LogP contribution >= 0.6 is 24.0 Å². The number of aliphatic imine (C=N–C) groups is 1. The van der Waals surface area contributed by atoms with E-state index in [-0.39, 0.29) is 30.1 Å². The van der Waals surface area contributed by atoms with Gasteiger partial charge in [0.2, 0.25) is 0 Å². The summed E-state index contributed by atoms with van der Waals surface area (Å²) in [6.07, 6.45) is 5.50. The molecule has 3 heterocycles. The molecule has 8 nitrogen and oxygen atoms in total. The topological polar surface area (TPSA) is 85.6 Å². The zero-order valence-corrected chi connectivity index (χ0v) is 19.1. The molecule has 0 spiro atoms. The second-order valence-electron chi connectivity index (χ2n) is 7.12. The SMILES string of the molecule is CN=C(NCCc1nnc2n1CCCCC2)NCC1COc2ccccc2O1.I. The molecule has 29 heavy (non-hydrogen) atoms. The zero-order valence-electron chi connectivity index (χ0n) is 16.8. The number of ether oxygens (including phenoxy) is 2. The average molecular weight is 512 g/mol. The van der Waals surface area contributed by atoms with Crippen LogP contribution < -0.4 is 20.1 Å². The number of benzene rings is 1. The summed E-state index contributed by atoms with van der Waals surface area (Å²) >= 11 is 0. The fourth-order valence-electron chi connectivity index (χ4n) is 3.62. The van der Waals surface area contributed by atoms with E-state index < -0.39 is 0 Å². The van der Waals surface area contributed by atoms with E-state index in [0.717, 1.165) is 55.0 Å². The molecule has 1 unspecified atom stereocenters. The Labute approximate surface area is 188 Å². The number of fused-ring (bicyclic) bond motifs is 2. The minimum absolute atomic E-state index is 0. The fourth-order valence-corrected chi connectivity index (χ4v) is 3.62. The lowest BCUT2D eigenvalue weighted by atomic mass is 10.2. The Kier molecular flexibility index (Phi) is 7.96. The maximum atomic E-state index is 5.97. The summed E-state index contributed by atoms with van der Waals surface area (Å²) < 4.78 is 14.0. The number of halogens is 1. The molecule has 0 amide bonds. The number of para-hydroxylation sites is 2. The molecular weight excluding hydrogens is 483 g/mol. The highest BCUT2D eigenvalue weighted by atomic mass is 127. The summed E-state index contributed by atoms with van der Waals surface area (Å²) in [4.78, 5) is 4.29. The molecule has 4 rings (SSSR count). The third-order valence-corrected chi connectivity index (χ3v) is 5.12. The molecule has 0 bridgehead atoms. The van der Waals surface area contributed by atoms with E-state index in [1.807, 2.05) is 24.3 Å². The van der Waals surface area contributed by atoms with Crippen molar-refractivity contribution < 1.29 is 9.47 Å². The third-order valence-electron chi connectivity index (χ3n) is 5.12.